The quantitative estimate of drug-likeness (QED) is 0.761. The fourth-order valence-corrected chi connectivity index (χ4v) is 2.02. The summed E-state index contributed by atoms with van der Waals surface area (Å²) in [6.45, 7) is 6.98. The first kappa shape index (κ1) is 15.5. The van der Waals surface area contributed by atoms with E-state index in [0.29, 0.717) is 18.9 Å². The summed E-state index contributed by atoms with van der Waals surface area (Å²) in [6, 6.07) is 7.60. The number of amides is 1. The molecule has 1 aromatic carbocycles. The second-order valence-electron chi connectivity index (χ2n) is 4.99. The van der Waals surface area contributed by atoms with Gasteiger partial charge >= 0.3 is 0 Å². The first-order valence-corrected chi connectivity index (χ1v) is 7.19. The minimum Gasteiger partial charge on any atom is -0.491 e. The van der Waals surface area contributed by atoms with Crippen LogP contribution in [-0.2, 0) is 4.79 Å². The van der Waals surface area contributed by atoms with Crippen LogP contribution < -0.4 is 10.1 Å². The number of ether oxygens (including phenoxy) is 1. The number of carbonyl (C=O) groups is 1. The van der Waals surface area contributed by atoms with Crippen LogP contribution in [0.2, 0.25) is 0 Å². The molecule has 3 nitrogen and oxygen atoms in total. The van der Waals surface area contributed by atoms with Crippen molar-refractivity contribution in [3.63, 3.8) is 0 Å². The highest BCUT2D eigenvalue weighted by Gasteiger charge is 2.11. The van der Waals surface area contributed by atoms with Gasteiger partial charge in [-0.1, -0.05) is 45.7 Å². The molecule has 3 heteroatoms. The van der Waals surface area contributed by atoms with Crippen LogP contribution in [0.3, 0.4) is 0 Å². The Labute approximate surface area is 116 Å². The molecule has 0 aliphatic rings. The molecule has 0 spiro atoms. The van der Waals surface area contributed by atoms with Crippen molar-refractivity contribution in [1.82, 2.24) is 0 Å². The second-order valence-corrected chi connectivity index (χ2v) is 4.99. The second kappa shape index (κ2) is 8.57. The minimum atomic E-state index is 0.0634. The Kier molecular flexibility index (Phi) is 7.01. The molecule has 1 unspecified atom stereocenters. The smallest absolute Gasteiger partial charge is 0.224 e. The van der Waals surface area contributed by atoms with Crippen LogP contribution in [-0.4, -0.2) is 12.5 Å². The summed E-state index contributed by atoms with van der Waals surface area (Å²) in [4.78, 5) is 12.0. The zero-order valence-corrected chi connectivity index (χ0v) is 12.2. The van der Waals surface area contributed by atoms with Crippen molar-refractivity contribution in [2.75, 3.05) is 11.9 Å². The predicted molar refractivity (Wildman–Crippen MR) is 79.5 cm³/mol. The fraction of sp³-hybridized carbons (Fsp3) is 0.562. The molecule has 0 bridgehead atoms. The molecular formula is C16H25NO2. The molecule has 19 heavy (non-hydrogen) atoms. The van der Waals surface area contributed by atoms with Crippen molar-refractivity contribution in [3.05, 3.63) is 24.3 Å². The third-order valence-electron chi connectivity index (χ3n) is 2.94. The third kappa shape index (κ3) is 5.77. The molecule has 0 saturated heterocycles. The van der Waals surface area contributed by atoms with Crippen LogP contribution in [0.15, 0.2) is 24.3 Å². The molecule has 0 aliphatic carbocycles. The molecule has 0 aromatic heterocycles. The molecule has 106 valence electrons. The summed E-state index contributed by atoms with van der Waals surface area (Å²) in [6.07, 6.45) is 3.72. The molecule has 1 amide bonds. The van der Waals surface area contributed by atoms with Crippen molar-refractivity contribution in [1.29, 1.82) is 0 Å². The molecule has 0 aliphatic heterocycles. The van der Waals surface area contributed by atoms with Crippen LogP contribution in [0.1, 0.15) is 46.5 Å². The minimum absolute atomic E-state index is 0.0634. The molecule has 0 radical (unpaired) electrons. The number of nitrogens with one attached hydrogen (secondary N) is 1. The third-order valence-corrected chi connectivity index (χ3v) is 2.94. The zero-order chi connectivity index (χ0) is 14.1. The van der Waals surface area contributed by atoms with E-state index < -0.39 is 0 Å². The molecule has 1 aromatic rings. The van der Waals surface area contributed by atoms with Gasteiger partial charge in [0.15, 0.2) is 0 Å². The van der Waals surface area contributed by atoms with E-state index in [-0.39, 0.29) is 5.91 Å². The maximum Gasteiger partial charge on any atom is 0.224 e. The van der Waals surface area contributed by atoms with Gasteiger partial charge in [0.2, 0.25) is 5.91 Å². The van der Waals surface area contributed by atoms with Gasteiger partial charge in [-0.05, 0) is 24.5 Å². The largest absolute Gasteiger partial charge is 0.491 e. The molecule has 1 atom stereocenters. The Morgan fingerprint density at radius 1 is 1.26 bits per heavy atom. The van der Waals surface area contributed by atoms with Gasteiger partial charge in [-0.15, -0.1) is 0 Å². The Bertz CT molecular complexity index is 390. The van der Waals surface area contributed by atoms with Crippen molar-refractivity contribution >= 4 is 11.6 Å². The zero-order valence-electron chi connectivity index (χ0n) is 12.2. The lowest BCUT2D eigenvalue weighted by molar-refractivity contribution is -0.117. The summed E-state index contributed by atoms with van der Waals surface area (Å²) in [5, 5.41) is 2.94. The summed E-state index contributed by atoms with van der Waals surface area (Å²) in [5.74, 6) is 1.24. The van der Waals surface area contributed by atoms with Gasteiger partial charge < -0.3 is 10.1 Å². The maximum absolute atomic E-state index is 12.0. The lowest BCUT2D eigenvalue weighted by Gasteiger charge is -2.13. The Balaban J connectivity index is 2.58. The normalized spacial score (nSPS) is 11.9. The van der Waals surface area contributed by atoms with E-state index >= 15 is 0 Å². The topological polar surface area (TPSA) is 38.3 Å². The molecular weight excluding hydrogens is 238 g/mol. The van der Waals surface area contributed by atoms with Gasteiger partial charge in [-0.25, -0.2) is 0 Å². The lowest BCUT2D eigenvalue weighted by atomic mass is 10.0. The van der Waals surface area contributed by atoms with E-state index in [0.717, 1.165) is 30.7 Å². The number of anilines is 1. The summed E-state index contributed by atoms with van der Waals surface area (Å²) in [7, 11) is 0. The number of hydrogen-bond donors (Lipinski definition) is 1. The van der Waals surface area contributed by atoms with Gasteiger partial charge in [0.1, 0.15) is 5.75 Å². The number of para-hydroxylation sites is 2. The van der Waals surface area contributed by atoms with E-state index in [9.17, 15) is 4.79 Å². The standard InChI is InChI=1S/C16H25NO2/c1-4-8-13(3)12-16(18)17-14-9-6-7-10-15(14)19-11-5-2/h6-7,9-10,13H,4-5,8,11-12H2,1-3H3,(H,17,18). The van der Waals surface area contributed by atoms with Crippen molar-refractivity contribution in [2.24, 2.45) is 5.92 Å². The summed E-state index contributed by atoms with van der Waals surface area (Å²) >= 11 is 0. The lowest BCUT2D eigenvalue weighted by Crippen LogP contribution is -2.15. The average Bonchev–Trinajstić information content (AvgIpc) is 2.37. The van der Waals surface area contributed by atoms with Gasteiger partial charge in [0.05, 0.1) is 12.3 Å². The van der Waals surface area contributed by atoms with Gasteiger partial charge in [0.25, 0.3) is 0 Å². The fourth-order valence-electron chi connectivity index (χ4n) is 2.02. The van der Waals surface area contributed by atoms with E-state index in [1.54, 1.807) is 0 Å². The maximum atomic E-state index is 12.0. The van der Waals surface area contributed by atoms with Gasteiger partial charge in [0, 0.05) is 6.42 Å². The van der Waals surface area contributed by atoms with E-state index in [4.69, 9.17) is 4.74 Å². The van der Waals surface area contributed by atoms with Gasteiger partial charge in [-0.3, -0.25) is 4.79 Å². The molecule has 1 N–H and O–H groups in total. The summed E-state index contributed by atoms with van der Waals surface area (Å²) in [5.41, 5.74) is 0.768. The van der Waals surface area contributed by atoms with Gasteiger partial charge in [-0.2, -0.15) is 0 Å². The number of rotatable bonds is 8. The average molecular weight is 263 g/mol. The molecule has 0 saturated carbocycles. The molecule has 0 fully saturated rings. The van der Waals surface area contributed by atoms with Crippen LogP contribution in [0, 0.1) is 5.92 Å². The highest BCUT2D eigenvalue weighted by molar-refractivity contribution is 5.92. The monoisotopic (exact) mass is 263 g/mol. The van der Waals surface area contributed by atoms with Crippen LogP contribution in [0.4, 0.5) is 5.69 Å². The summed E-state index contributed by atoms with van der Waals surface area (Å²) < 4.78 is 5.62. The molecule has 0 heterocycles. The Morgan fingerprint density at radius 3 is 2.68 bits per heavy atom. The van der Waals surface area contributed by atoms with Crippen LogP contribution in [0.25, 0.3) is 0 Å². The molecule has 1 rings (SSSR count). The first-order chi connectivity index (χ1) is 9.17. The first-order valence-electron chi connectivity index (χ1n) is 7.19. The van der Waals surface area contributed by atoms with Crippen LogP contribution in [0.5, 0.6) is 5.75 Å². The highest BCUT2D eigenvalue weighted by atomic mass is 16.5. The van der Waals surface area contributed by atoms with Crippen molar-refractivity contribution < 1.29 is 9.53 Å². The Morgan fingerprint density at radius 2 is 2.00 bits per heavy atom. The number of benzene rings is 1. The predicted octanol–water partition coefficient (Wildman–Crippen LogP) is 4.24. The number of carbonyl (C=O) groups excluding carboxylic acids is 1. The van der Waals surface area contributed by atoms with E-state index in [1.165, 1.54) is 0 Å². The van der Waals surface area contributed by atoms with Crippen LogP contribution >= 0.6 is 0 Å². The van der Waals surface area contributed by atoms with E-state index in [1.807, 2.05) is 24.3 Å². The van der Waals surface area contributed by atoms with Crippen molar-refractivity contribution in [3.8, 4) is 5.75 Å². The number of hydrogen-bond acceptors (Lipinski definition) is 2. The van der Waals surface area contributed by atoms with E-state index in [2.05, 4.69) is 26.1 Å². The highest BCUT2D eigenvalue weighted by Crippen LogP contribution is 2.24. The Hall–Kier alpha value is -1.51. The van der Waals surface area contributed by atoms with Crippen molar-refractivity contribution in [2.45, 2.75) is 46.5 Å². The SMILES string of the molecule is CCCOc1ccccc1NC(=O)CC(C)CCC.